The van der Waals surface area contributed by atoms with Crippen LogP contribution < -0.4 is 15.3 Å². The van der Waals surface area contributed by atoms with Crippen molar-refractivity contribution in [3.8, 4) is 100 Å². The molecule has 0 N–H and O–H groups in total. The molecular formula is C126H89BBrN2O2S4+. The Labute approximate surface area is 817 Å². The zero-order valence-corrected chi connectivity index (χ0v) is 80.1. The van der Waals surface area contributed by atoms with Crippen molar-refractivity contribution in [2.75, 3.05) is 9.80 Å². The Morgan fingerprint density at radius 3 is 0.816 bits per heavy atom. The number of halogens is 1. The number of benzene rings is 19. The summed E-state index contributed by atoms with van der Waals surface area (Å²) in [5, 5.41) is 9.14. The second kappa shape index (κ2) is 36.6. The van der Waals surface area contributed by atoms with Gasteiger partial charge in [0.15, 0.2) is 0 Å². The maximum absolute atomic E-state index is 6.54. The molecule has 4 nitrogen and oxygen atoms in total. The molecule has 648 valence electrons. The van der Waals surface area contributed by atoms with Crippen LogP contribution in [-0.4, -0.2) is 18.3 Å². The molecule has 19 aromatic carbocycles. The zero-order chi connectivity index (χ0) is 91.4. The fourth-order valence-corrected chi connectivity index (χ4v) is 23.4. The SMILES string of the molecule is Brc1ccc(N(c2ccc(-c3ccccc3)cc2)c2ccc(-c3ccccc3)cc2)cc1.CC1(C)OB(c2cc(-c3ccc4sc5c(c4c3)C=C[C+]=C5)cc(-c3ccc4sc5ccccc5c4c3)c2)OC1(C)C.c1ccc(-c2ccc(N(c3ccc(-c4ccccc4)cc3)c3ccc(-c4cc(-c5ccc6sc7ccccc7c6c5)cc(-c5ccc6sc7ccccc7c6c5)c4)cc3)cc2)cc1. The number of nitrogens with zero attached hydrogens (tertiary/aromatic N) is 2. The van der Waals surface area contributed by atoms with Crippen molar-refractivity contribution in [2.24, 2.45) is 0 Å². The molecule has 0 spiro atoms. The first-order valence-electron chi connectivity index (χ1n) is 46.0. The van der Waals surface area contributed by atoms with E-state index < -0.39 is 18.3 Å². The quantitative estimate of drug-likeness (QED) is 0.0711. The molecule has 0 bridgehead atoms. The van der Waals surface area contributed by atoms with Crippen LogP contribution in [0.3, 0.4) is 0 Å². The lowest BCUT2D eigenvalue weighted by Crippen LogP contribution is -2.41. The summed E-state index contributed by atoms with van der Waals surface area (Å²) in [6.07, 6.45) is 9.48. The predicted octanol–water partition coefficient (Wildman–Crippen LogP) is 37.2. The predicted molar refractivity (Wildman–Crippen MR) is 592 cm³/mol. The minimum Gasteiger partial charge on any atom is -0.399 e. The number of anilines is 6. The lowest BCUT2D eigenvalue weighted by atomic mass is 9.76. The van der Waals surface area contributed by atoms with E-state index in [0.717, 1.165) is 55.2 Å². The number of hydrogen-bond acceptors (Lipinski definition) is 8. The van der Waals surface area contributed by atoms with E-state index in [0.29, 0.717) is 0 Å². The van der Waals surface area contributed by atoms with Gasteiger partial charge in [-0.25, -0.2) is 0 Å². The zero-order valence-electron chi connectivity index (χ0n) is 75.3. The molecule has 0 saturated carbocycles. The van der Waals surface area contributed by atoms with Gasteiger partial charge in [-0.1, -0.05) is 300 Å². The highest BCUT2D eigenvalue weighted by Crippen LogP contribution is 2.48. The second-order valence-electron chi connectivity index (χ2n) is 35.7. The minimum absolute atomic E-state index is 0.409. The molecule has 0 amide bonds. The molecule has 1 aliphatic heterocycles. The lowest BCUT2D eigenvalue weighted by Gasteiger charge is -2.32. The fourth-order valence-electron chi connectivity index (χ4n) is 18.8. The van der Waals surface area contributed by atoms with Crippen molar-refractivity contribution in [1.29, 1.82) is 0 Å². The first-order chi connectivity index (χ1) is 66.7. The topological polar surface area (TPSA) is 24.9 Å². The molecule has 4 aromatic heterocycles. The van der Waals surface area contributed by atoms with Gasteiger partial charge in [0, 0.05) is 111 Å². The van der Waals surface area contributed by atoms with Crippen LogP contribution in [0.4, 0.5) is 34.1 Å². The highest BCUT2D eigenvalue weighted by molar-refractivity contribution is 9.10. The third-order valence-electron chi connectivity index (χ3n) is 26.7. The number of thiophene rings is 4. The normalized spacial score (nSPS) is 13.0. The molecule has 1 saturated heterocycles. The molecule has 136 heavy (non-hydrogen) atoms. The Morgan fingerprint density at radius 2 is 0.485 bits per heavy atom. The van der Waals surface area contributed by atoms with Crippen molar-refractivity contribution >= 4 is 191 Å². The van der Waals surface area contributed by atoms with Crippen LogP contribution in [0.1, 0.15) is 38.1 Å². The summed E-state index contributed by atoms with van der Waals surface area (Å²) in [6, 6.07) is 163. The van der Waals surface area contributed by atoms with Gasteiger partial charge in [-0.15, -0.1) is 34.0 Å². The van der Waals surface area contributed by atoms with E-state index in [-0.39, 0.29) is 0 Å². The smallest absolute Gasteiger partial charge is 0.399 e. The lowest BCUT2D eigenvalue weighted by molar-refractivity contribution is 0.00578. The molecule has 2 aliphatic rings. The van der Waals surface area contributed by atoms with E-state index >= 15 is 0 Å². The third kappa shape index (κ3) is 17.1. The van der Waals surface area contributed by atoms with Gasteiger partial charge in [0.2, 0.25) is 0 Å². The number of fused-ring (bicyclic) bond motifs is 12. The summed E-state index contributed by atoms with van der Waals surface area (Å²) in [4.78, 5) is 5.91. The summed E-state index contributed by atoms with van der Waals surface area (Å²) in [5.74, 6) is 0. The van der Waals surface area contributed by atoms with Crippen LogP contribution in [0.2, 0.25) is 0 Å². The Kier molecular flexibility index (Phi) is 23.0. The van der Waals surface area contributed by atoms with Gasteiger partial charge in [-0.05, 0) is 309 Å². The van der Waals surface area contributed by atoms with Crippen molar-refractivity contribution in [2.45, 2.75) is 38.9 Å². The van der Waals surface area contributed by atoms with E-state index in [2.05, 4.69) is 508 Å². The van der Waals surface area contributed by atoms with Crippen LogP contribution in [0, 0.1) is 6.08 Å². The maximum Gasteiger partial charge on any atom is 0.494 e. The van der Waals surface area contributed by atoms with Crippen molar-refractivity contribution in [3.05, 3.63) is 476 Å². The highest BCUT2D eigenvalue weighted by Gasteiger charge is 2.52. The van der Waals surface area contributed by atoms with E-state index in [1.54, 1.807) is 0 Å². The number of allylic oxidation sites excluding steroid dienone is 2. The van der Waals surface area contributed by atoms with Crippen molar-refractivity contribution < 1.29 is 9.31 Å². The average Bonchev–Trinajstić information content (AvgIpc) is 1.48. The fraction of sp³-hybridized carbons (Fsp3) is 0.0476. The molecule has 1 aliphatic carbocycles. The van der Waals surface area contributed by atoms with E-state index in [9.17, 15) is 0 Å². The van der Waals surface area contributed by atoms with Gasteiger partial charge in [0.25, 0.3) is 0 Å². The summed E-state index contributed by atoms with van der Waals surface area (Å²) in [6.45, 7) is 8.45. The van der Waals surface area contributed by atoms with Crippen LogP contribution in [0.25, 0.3) is 183 Å². The Bertz CT molecular complexity index is 8130. The molecule has 0 atom stereocenters. The van der Waals surface area contributed by atoms with Crippen LogP contribution in [0.5, 0.6) is 0 Å². The van der Waals surface area contributed by atoms with E-state index in [4.69, 9.17) is 9.31 Å². The van der Waals surface area contributed by atoms with Crippen LogP contribution in [0.15, 0.2) is 459 Å². The molecular weight excluding hydrogens is 1790 g/mol. The third-order valence-corrected chi connectivity index (χ3v) is 31.8. The molecule has 10 heteroatoms. The maximum atomic E-state index is 6.54. The van der Waals surface area contributed by atoms with Crippen molar-refractivity contribution in [1.82, 2.24) is 0 Å². The van der Waals surface area contributed by atoms with Crippen LogP contribution >= 0.6 is 61.3 Å². The molecule has 1 fully saturated rings. The largest absolute Gasteiger partial charge is 0.494 e. The van der Waals surface area contributed by atoms with Gasteiger partial charge in [0.05, 0.1) is 22.0 Å². The van der Waals surface area contributed by atoms with Crippen LogP contribution in [-0.2, 0) is 9.31 Å². The average molecular weight is 1880 g/mol. The molecule has 23 aromatic rings. The minimum atomic E-state index is -0.439. The Hall–Kier alpha value is -14.7. The van der Waals surface area contributed by atoms with Gasteiger partial charge < -0.3 is 19.1 Å². The molecule has 0 unspecified atom stereocenters. The summed E-state index contributed by atoms with van der Waals surface area (Å²) >= 11 is 11.0. The first kappa shape index (κ1) is 85.4. The standard InChI is InChI=1S/C60H39NS2.C36H28BO2S2.C30H22BrN/c1-3-11-40(12-4-1)42-19-27-50(28-20-42)61(51-29-21-43(22-30-51)41-13-5-2-6-14-41)52-31-23-44(24-32-52)47-35-48(45-25-33-59-55(38-45)53-15-7-9-17-57(53)62-59)37-49(36-47)46-26-34-60-56(39-46)54-16-8-10-18-58(54)63-60;1-35(2)36(3,4)39-37(38-35)26-18-24(22-13-15-33-29(20-22)27-9-5-7-11-31(27)40-33)17-25(19-26)23-14-16-34-30(21-23)28-10-6-8-12-32(28)41-34;31-27-15-21-30(22-16-27)32(28-17-11-25(12-18-28)23-7-3-1-4-8-23)29-19-13-26(14-20-29)24-9-5-2-6-10-24/h1-39H;5-7,9-21H,1-4H3;1-22H/q;+1;. The summed E-state index contributed by atoms with van der Waals surface area (Å²) < 4.78 is 23.3. The second-order valence-corrected chi connectivity index (χ2v) is 41.0. The summed E-state index contributed by atoms with van der Waals surface area (Å²) in [7, 11) is -0.439. The summed E-state index contributed by atoms with van der Waals surface area (Å²) in [5.41, 5.74) is 29.8. The van der Waals surface area contributed by atoms with Crippen molar-refractivity contribution in [3.63, 3.8) is 0 Å². The monoisotopic (exact) mass is 1880 g/mol. The molecule has 5 heterocycles. The van der Waals surface area contributed by atoms with E-state index in [1.807, 2.05) is 63.6 Å². The number of hydrogen-bond donors (Lipinski definition) is 0. The Morgan fingerprint density at radius 1 is 0.235 bits per heavy atom. The number of rotatable bonds is 16. The Balaban J connectivity index is 0.000000123. The first-order valence-corrected chi connectivity index (χ1v) is 50.1. The van der Waals surface area contributed by atoms with E-state index in [1.165, 1.54) is 170 Å². The van der Waals surface area contributed by atoms with Gasteiger partial charge >= 0.3 is 7.12 Å². The van der Waals surface area contributed by atoms with Gasteiger partial charge in [-0.3, -0.25) is 0 Å². The molecule has 25 rings (SSSR count). The van der Waals surface area contributed by atoms with Gasteiger partial charge in [-0.2, -0.15) is 0 Å². The molecule has 0 radical (unpaired) electrons. The highest BCUT2D eigenvalue weighted by atomic mass is 79.9. The van der Waals surface area contributed by atoms with Gasteiger partial charge in [0.1, 0.15) is 22.6 Å².